The van der Waals surface area contributed by atoms with Gasteiger partial charge in [0, 0.05) is 6.54 Å². The van der Waals surface area contributed by atoms with E-state index in [0.29, 0.717) is 0 Å². The largest absolute Gasteiger partial charge is 0.464 e. The van der Waals surface area contributed by atoms with Gasteiger partial charge in [0.1, 0.15) is 6.61 Å². The number of rotatable bonds is 7. The van der Waals surface area contributed by atoms with Gasteiger partial charge in [0.05, 0.1) is 19.1 Å². The van der Waals surface area contributed by atoms with Crippen LogP contribution in [0.2, 0.25) is 0 Å². The van der Waals surface area contributed by atoms with Crippen LogP contribution in [0.5, 0.6) is 0 Å². The Bertz CT molecular complexity index is 221. The van der Waals surface area contributed by atoms with E-state index in [4.69, 9.17) is 9.84 Å². The lowest BCUT2D eigenvalue weighted by atomic mass is 10.1. The summed E-state index contributed by atoms with van der Waals surface area (Å²) in [6.07, 6.45) is 0.739. The van der Waals surface area contributed by atoms with E-state index in [1.165, 1.54) is 0 Å². The van der Waals surface area contributed by atoms with Crippen LogP contribution in [-0.4, -0.2) is 43.4 Å². The van der Waals surface area contributed by atoms with E-state index in [9.17, 15) is 9.59 Å². The highest BCUT2D eigenvalue weighted by molar-refractivity contribution is 5.74. The zero-order chi connectivity index (χ0) is 12.4. The van der Waals surface area contributed by atoms with Crippen LogP contribution < -0.4 is 10.6 Å². The normalized spacial score (nSPS) is 11.7. The van der Waals surface area contributed by atoms with Gasteiger partial charge < -0.3 is 20.5 Å². The highest BCUT2D eigenvalue weighted by Gasteiger charge is 2.11. The molecule has 0 rings (SSSR count). The quantitative estimate of drug-likeness (QED) is 0.421. The topological polar surface area (TPSA) is 87.7 Å². The van der Waals surface area contributed by atoms with Crippen LogP contribution in [0.1, 0.15) is 20.3 Å². The first-order valence-corrected chi connectivity index (χ1v) is 5.41. The Balaban J connectivity index is 3.45. The van der Waals surface area contributed by atoms with Gasteiger partial charge in [-0.15, -0.1) is 0 Å². The summed E-state index contributed by atoms with van der Waals surface area (Å²) >= 11 is 0. The predicted molar refractivity (Wildman–Crippen MR) is 58.9 cm³/mol. The Labute approximate surface area is 95.4 Å². The lowest BCUT2D eigenvalue weighted by Crippen LogP contribution is -2.38. The van der Waals surface area contributed by atoms with Crippen molar-refractivity contribution in [3.8, 4) is 0 Å². The minimum atomic E-state index is -0.381. The van der Waals surface area contributed by atoms with Gasteiger partial charge in [-0.05, 0) is 6.42 Å². The van der Waals surface area contributed by atoms with Crippen LogP contribution >= 0.6 is 0 Å². The van der Waals surface area contributed by atoms with E-state index in [1.54, 1.807) is 6.92 Å². The fourth-order valence-electron chi connectivity index (χ4n) is 0.857. The van der Waals surface area contributed by atoms with Crippen LogP contribution in [-0.2, 0) is 9.53 Å². The van der Waals surface area contributed by atoms with Gasteiger partial charge in [-0.3, -0.25) is 4.79 Å². The predicted octanol–water partition coefficient (Wildman–Crippen LogP) is -0.133. The van der Waals surface area contributed by atoms with Crippen molar-refractivity contribution in [3.63, 3.8) is 0 Å². The average molecular weight is 232 g/mol. The molecule has 6 nitrogen and oxygen atoms in total. The number of nitrogens with one attached hydrogen (secondary N) is 2. The van der Waals surface area contributed by atoms with Gasteiger partial charge in [0.15, 0.2) is 0 Å². The summed E-state index contributed by atoms with van der Waals surface area (Å²) in [5.41, 5.74) is 0. The third-order valence-electron chi connectivity index (χ3n) is 2.04. The highest BCUT2D eigenvalue weighted by atomic mass is 16.5. The lowest BCUT2D eigenvalue weighted by Gasteiger charge is -2.10. The summed E-state index contributed by atoms with van der Waals surface area (Å²) in [6.45, 7) is 4.24. The second kappa shape index (κ2) is 8.96. The van der Waals surface area contributed by atoms with Gasteiger partial charge >= 0.3 is 12.0 Å². The van der Waals surface area contributed by atoms with Crippen LogP contribution in [0, 0.1) is 5.92 Å². The number of carbonyl (C=O) groups is 2. The fraction of sp³-hybridized carbons (Fsp3) is 0.800. The number of aliphatic hydroxyl groups is 1. The van der Waals surface area contributed by atoms with Crippen molar-refractivity contribution in [2.24, 2.45) is 5.92 Å². The van der Waals surface area contributed by atoms with E-state index in [-0.39, 0.29) is 44.2 Å². The van der Waals surface area contributed by atoms with Crippen molar-refractivity contribution in [1.29, 1.82) is 0 Å². The van der Waals surface area contributed by atoms with Gasteiger partial charge in [-0.1, -0.05) is 13.8 Å². The Morgan fingerprint density at radius 1 is 1.31 bits per heavy atom. The van der Waals surface area contributed by atoms with Crippen molar-refractivity contribution in [2.75, 3.05) is 26.3 Å². The number of hydrogen-bond donors (Lipinski definition) is 3. The molecule has 0 spiro atoms. The van der Waals surface area contributed by atoms with E-state index in [2.05, 4.69) is 10.6 Å². The second-order valence-electron chi connectivity index (χ2n) is 3.38. The van der Waals surface area contributed by atoms with Crippen molar-refractivity contribution < 1.29 is 19.4 Å². The van der Waals surface area contributed by atoms with Gasteiger partial charge in [-0.2, -0.15) is 0 Å². The third kappa shape index (κ3) is 7.05. The van der Waals surface area contributed by atoms with Crippen molar-refractivity contribution in [1.82, 2.24) is 10.6 Å². The summed E-state index contributed by atoms with van der Waals surface area (Å²) in [4.78, 5) is 22.2. The molecule has 1 atom stereocenters. The number of aliphatic hydroxyl groups excluding tert-OH is 1. The molecule has 0 bridgehead atoms. The molecule has 0 aliphatic heterocycles. The molecule has 0 fully saturated rings. The molecule has 3 N–H and O–H groups in total. The second-order valence-corrected chi connectivity index (χ2v) is 3.38. The maximum Gasteiger partial charge on any atom is 0.314 e. The summed E-state index contributed by atoms with van der Waals surface area (Å²) in [7, 11) is 0. The SMILES string of the molecule is CCC(C)C(=O)OCCNC(=O)NCCO. The average Bonchev–Trinajstić information content (AvgIpc) is 2.30. The van der Waals surface area contributed by atoms with Crippen molar-refractivity contribution >= 4 is 12.0 Å². The molecule has 0 aliphatic rings. The van der Waals surface area contributed by atoms with E-state index < -0.39 is 0 Å². The molecule has 2 amide bonds. The number of ether oxygens (including phenoxy) is 1. The Kier molecular flexibility index (Phi) is 8.24. The zero-order valence-corrected chi connectivity index (χ0v) is 9.78. The molecule has 94 valence electrons. The Morgan fingerprint density at radius 3 is 2.50 bits per heavy atom. The highest BCUT2D eigenvalue weighted by Crippen LogP contribution is 2.02. The molecule has 16 heavy (non-hydrogen) atoms. The lowest BCUT2D eigenvalue weighted by molar-refractivity contribution is -0.147. The summed E-state index contributed by atoms with van der Waals surface area (Å²) in [6, 6.07) is -0.381. The van der Waals surface area contributed by atoms with Crippen LogP contribution in [0.15, 0.2) is 0 Å². The zero-order valence-electron chi connectivity index (χ0n) is 9.78. The standard InChI is InChI=1S/C10H20N2O4/c1-3-8(2)9(14)16-7-5-12-10(15)11-4-6-13/h8,13H,3-7H2,1-2H3,(H2,11,12,15). The molecule has 0 radical (unpaired) electrons. The van der Waals surface area contributed by atoms with E-state index >= 15 is 0 Å². The van der Waals surface area contributed by atoms with Crippen molar-refractivity contribution in [3.05, 3.63) is 0 Å². The monoisotopic (exact) mass is 232 g/mol. The first-order valence-electron chi connectivity index (χ1n) is 5.41. The molecule has 6 heteroatoms. The number of hydrogen-bond acceptors (Lipinski definition) is 4. The molecular formula is C10H20N2O4. The van der Waals surface area contributed by atoms with E-state index in [1.807, 2.05) is 6.92 Å². The number of carbonyl (C=O) groups excluding carboxylic acids is 2. The van der Waals surface area contributed by atoms with Gasteiger partial charge in [0.25, 0.3) is 0 Å². The van der Waals surface area contributed by atoms with Crippen LogP contribution in [0.3, 0.4) is 0 Å². The molecular weight excluding hydrogens is 212 g/mol. The van der Waals surface area contributed by atoms with Crippen LogP contribution in [0.4, 0.5) is 4.79 Å². The number of esters is 1. The third-order valence-corrected chi connectivity index (χ3v) is 2.04. The molecule has 1 unspecified atom stereocenters. The minimum absolute atomic E-state index is 0.101. The molecule has 0 saturated heterocycles. The molecule has 0 aliphatic carbocycles. The Morgan fingerprint density at radius 2 is 1.94 bits per heavy atom. The van der Waals surface area contributed by atoms with Crippen LogP contribution in [0.25, 0.3) is 0 Å². The number of amides is 2. The van der Waals surface area contributed by atoms with Crippen molar-refractivity contribution in [2.45, 2.75) is 20.3 Å². The first-order chi connectivity index (χ1) is 7.61. The summed E-state index contributed by atoms with van der Waals surface area (Å²) in [5, 5.41) is 13.3. The van der Waals surface area contributed by atoms with Gasteiger partial charge in [-0.25, -0.2) is 4.79 Å². The fourth-order valence-corrected chi connectivity index (χ4v) is 0.857. The molecule has 0 aromatic carbocycles. The molecule has 0 saturated carbocycles. The minimum Gasteiger partial charge on any atom is -0.464 e. The number of urea groups is 1. The smallest absolute Gasteiger partial charge is 0.314 e. The maximum atomic E-state index is 11.2. The molecule has 0 aromatic heterocycles. The molecule has 0 aromatic rings. The van der Waals surface area contributed by atoms with E-state index in [0.717, 1.165) is 6.42 Å². The first kappa shape index (κ1) is 14.7. The summed E-state index contributed by atoms with van der Waals surface area (Å²) in [5.74, 6) is -0.358. The Hall–Kier alpha value is -1.30. The summed E-state index contributed by atoms with van der Waals surface area (Å²) < 4.78 is 4.92. The maximum absolute atomic E-state index is 11.2. The van der Waals surface area contributed by atoms with Gasteiger partial charge in [0.2, 0.25) is 0 Å². The molecule has 0 heterocycles.